The Morgan fingerprint density at radius 3 is 2.46 bits per heavy atom. The van der Waals surface area contributed by atoms with Gasteiger partial charge in [-0.05, 0) is 44.1 Å². The Morgan fingerprint density at radius 2 is 1.79 bits per heavy atom. The van der Waals surface area contributed by atoms with Crippen LogP contribution in [0.15, 0.2) is 29.3 Å². The Balaban J connectivity index is 0.00000280. The van der Waals surface area contributed by atoms with Crippen molar-refractivity contribution in [2.75, 3.05) is 53.4 Å². The number of nitrogens with one attached hydrogen (secondary N) is 2. The first-order valence-corrected chi connectivity index (χ1v) is 10.3. The fraction of sp³-hybridized carbons (Fsp3) is 0.667. The van der Waals surface area contributed by atoms with Crippen molar-refractivity contribution in [1.29, 1.82) is 0 Å². The molecule has 1 atom stereocenters. The summed E-state index contributed by atoms with van der Waals surface area (Å²) in [5.74, 6) is 0.823. The summed E-state index contributed by atoms with van der Waals surface area (Å²) in [6.07, 6.45) is 4.29. The van der Waals surface area contributed by atoms with Gasteiger partial charge in [0.2, 0.25) is 0 Å². The van der Waals surface area contributed by atoms with Gasteiger partial charge in [-0.3, -0.25) is 9.89 Å². The first-order chi connectivity index (χ1) is 13.2. The molecule has 0 aromatic heterocycles. The minimum atomic E-state index is 0. The Morgan fingerprint density at radius 1 is 1.07 bits per heavy atom. The maximum absolute atomic E-state index is 5.79. The van der Waals surface area contributed by atoms with Crippen LogP contribution in [0.5, 0.6) is 0 Å². The van der Waals surface area contributed by atoms with Gasteiger partial charge in [-0.15, -0.1) is 24.0 Å². The van der Waals surface area contributed by atoms with E-state index in [-0.39, 0.29) is 30.1 Å². The molecule has 2 saturated heterocycles. The van der Waals surface area contributed by atoms with Crippen molar-refractivity contribution >= 4 is 29.9 Å². The number of aliphatic imine (C=N–C) groups is 1. The lowest BCUT2D eigenvalue weighted by Crippen LogP contribution is -2.48. The zero-order chi connectivity index (χ0) is 18.9. The van der Waals surface area contributed by atoms with Crippen molar-refractivity contribution in [3.05, 3.63) is 35.4 Å². The molecule has 2 fully saturated rings. The first kappa shape index (κ1) is 23.4. The van der Waals surface area contributed by atoms with Crippen LogP contribution in [0, 0.1) is 0 Å². The molecule has 2 heterocycles. The molecular formula is C21H36IN5O. The summed E-state index contributed by atoms with van der Waals surface area (Å²) in [4.78, 5) is 9.19. The molecule has 28 heavy (non-hydrogen) atoms. The third-order valence-electron chi connectivity index (χ3n) is 5.40. The molecule has 0 aliphatic carbocycles. The van der Waals surface area contributed by atoms with Gasteiger partial charge in [0, 0.05) is 39.8 Å². The number of ether oxygens (including phenoxy) is 1. The van der Waals surface area contributed by atoms with Crippen molar-refractivity contribution < 1.29 is 4.74 Å². The standard InChI is InChI=1S/C21H35N5O.HI/c1-22-21(24-15-20-17-25(2)12-13-27-20)23-14-18-6-8-19(9-7-18)16-26-10-4-3-5-11-26;/h6-9,20H,3-5,10-17H2,1-2H3,(H2,22,23,24);1H. The molecule has 6 nitrogen and oxygen atoms in total. The van der Waals surface area contributed by atoms with Crippen LogP contribution >= 0.6 is 24.0 Å². The number of rotatable bonds is 6. The van der Waals surface area contributed by atoms with Gasteiger partial charge < -0.3 is 20.3 Å². The maximum Gasteiger partial charge on any atom is 0.191 e. The van der Waals surface area contributed by atoms with Crippen LogP contribution in [0.4, 0.5) is 0 Å². The quantitative estimate of drug-likeness (QED) is 0.356. The van der Waals surface area contributed by atoms with Crippen LogP contribution in [0.1, 0.15) is 30.4 Å². The molecule has 0 saturated carbocycles. The number of hydrogen-bond acceptors (Lipinski definition) is 4. The lowest BCUT2D eigenvalue weighted by Gasteiger charge is -2.30. The monoisotopic (exact) mass is 501 g/mol. The zero-order valence-corrected chi connectivity index (χ0v) is 19.7. The first-order valence-electron chi connectivity index (χ1n) is 10.3. The molecule has 2 N–H and O–H groups in total. The number of likely N-dealkylation sites (tertiary alicyclic amines) is 1. The Labute approximate surface area is 187 Å². The van der Waals surface area contributed by atoms with Crippen molar-refractivity contribution in [2.45, 2.75) is 38.5 Å². The molecule has 2 aliphatic rings. The number of benzene rings is 1. The highest BCUT2D eigenvalue weighted by atomic mass is 127. The van der Waals surface area contributed by atoms with E-state index in [9.17, 15) is 0 Å². The molecule has 1 aromatic rings. The predicted octanol–water partition coefficient (Wildman–Crippen LogP) is 2.29. The fourth-order valence-electron chi connectivity index (χ4n) is 3.75. The van der Waals surface area contributed by atoms with E-state index in [4.69, 9.17) is 4.74 Å². The number of morpholine rings is 1. The largest absolute Gasteiger partial charge is 0.374 e. The van der Waals surface area contributed by atoms with Gasteiger partial charge in [0.05, 0.1) is 12.7 Å². The van der Waals surface area contributed by atoms with Crippen LogP contribution in [0.25, 0.3) is 0 Å². The highest BCUT2D eigenvalue weighted by Crippen LogP contribution is 2.13. The second-order valence-electron chi connectivity index (χ2n) is 7.72. The molecular weight excluding hydrogens is 465 g/mol. The van der Waals surface area contributed by atoms with Gasteiger partial charge in [0.1, 0.15) is 0 Å². The van der Waals surface area contributed by atoms with Crippen LogP contribution in [-0.2, 0) is 17.8 Å². The number of hydrogen-bond donors (Lipinski definition) is 2. The smallest absolute Gasteiger partial charge is 0.191 e. The third kappa shape index (κ3) is 7.85. The SMILES string of the molecule is CN=C(NCc1ccc(CN2CCCCC2)cc1)NCC1CN(C)CCO1.I. The van der Waals surface area contributed by atoms with Gasteiger partial charge in [-0.1, -0.05) is 30.7 Å². The Hall–Kier alpha value is -0.900. The second kappa shape index (κ2) is 12.6. The second-order valence-corrected chi connectivity index (χ2v) is 7.72. The van der Waals surface area contributed by atoms with E-state index in [0.717, 1.165) is 45.3 Å². The average molecular weight is 501 g/mol. The van der Waals surface area contributed by atoms with Crippen molar-refractivity contribution in [2.24, 2.45) is 4.99 Å². The van der Waals surface area contributed by atoms with Crippen molar-refractivity contribution in [1.82, 2.24) is 20.4 Å². The lowest BCUT2D eigenvalue weighted by molar-refractivity contribution is -0.0161. The summed E-state index contributed by atoms with van der Waals surface area (Å²) in [5, 5.41) is 6.77. The van der Waals surface area contributed by atoms with Crippen LogP contribution in [0.2, 0.25) is 0 Å². The fourth-order valence-corrected chi connectivity index (χ4v) is 3.75. The Kier molecular flexibility index (Phi) is 10.5. The Bertz CT molecular complexity index is 589. The third-order valence-corrected chi connectivity index (χ3v) is 5.40. The van der Waals surface area contributed by atoms with E-state index in [1.807, 2.05) is 7.05 Å². The molecule has 3 rings (SSSR count). The van der Waals surface area contributed by atoms with E-state index in [0.29, 0.717) is 0 Å². The number of guanidine groups is 1. The predicted molar refractivity (Wildman–Crippen MR) is 126 cm³/mol. The van der Waals surface area contributed by atoms with Crippen LogP contribution < -0.4 is 10.6 Å². The molecule has 158 valence electrons. The highest BCUT2D eigenvalue weighted by Gasteiger charge is 2.17. The minimum absolute atomic E-state index is 0. The lowest BCUT2D eigenvalue weighted by atomic mass is 10.1. The molecule has 1 aromatic carbocycles. The summed E-state index contributed by atoms with van der Waals surface area (Å²) in [5.41, 5.74) is 2.68. The van der Waals surface area contributed by atoms with E-state index in [2.05, 4.69) is 56.7 Å². The normalized spacial score (nSPS) is 21.8. The molecule has 0 amide bonds. The van der Waals surface area contributed by atoms with Gasteiger partial charge in [0.15, 0.2) is 5.96 Å². The number of likely N-dealkylation sites (N-methyl/N-ethyl adjacent to an activating group) is 1. The van der Waals surface area contributed by atoms with E-state index < -0.39 is 0 Å². The molecule has 2 aliphatic heterocycles. The molecule has 0 bridgehead atoms. The topological polar surface area (TPSA) is 52.1 Å². The summed E-state index contributed by atoms with van der Waals surface area (Å²) in [6.45, 7) is 7.89. The van der Waals surface area contributed by atoms with E-state index in [1.54, 1.807) is 0 Å². The highest BCUT2D eigenvalue weighted by molar-refractivity contribution is 14.0. The number of piperidine rings is 1. The average Bonchev–Trinajstić information content (AvgIpc) is 2.70. The van der Waals surface area contributed by atoms with Gasteiger partial charge >= 0.3 is 0 Å². The summed E-state index contributed by atoms with van der Waals surface area (Å²) in [6, 6.07) is 8.96. The van der Waals surface area contributed by atoms with Crippen LogP contribution in [0.3, 0.4) is 0 Å². The van der Waals surface area contributed by atoms with Gasteiger partial charge in [0.25, 0.3) is 0 Å². The van der Waals surface area contributed by atoms with Crippen molar-refractivity contribution in [3.63, 3.8) is 0 Å². The van der Waals surface area contributed by atoms with E-state index >= 15 is 0 Å². The summed E-state index contributed by atoms with van der Waals surface area (Å²) < 4.78 is 5.79. The molecule has 1 unspecified atom stereocenters. The maximum atomic E-state index is 5.79. The van der Waals surface area contributed by atoms with Gasteiger partial charge in [-0.2, -0.15) is 0 Å². The van der Waals surface area contributed by atoms with Gasteiger partial charge in [-0.25, -0.2) is 0 Å². The summed E-state index contributed by atoms with van der Waals surface area (Å²) >= 11 is 0. The summed E-state index contributed by atoms with van der Waals surface area (Å²) in [7, 11) is 3.95. The zero-order valence-electron chi connectivity index (χ0n) is 17.3. The van der Waals surface area contributed by atoms with Crippen LogP contribution in [-0.4, -0.2) is 75.3 Å². The molecule has 0 radical (unpaired) electrons. The van der Waals surface area contributed by atoms with E-state index in [1.165, 1.54) is 43.5 Å². The number of halogens is 1. The molecule has 0 spiro atoms. The number of nitrogens with zero attached hydrogens (tertiary/aromatic N) is 3. The minimum Gasteiger partial charge on any atom is -0.374 e. The van der Waals surface area contributed by atoms with Crippen molar-refractivity contribution in [3.8, 4) is 0 Å². The molecule has 7 heteroatoms.